The van der Waals surface area contributed by atoms with Crippen LogP contribution in [0.4, 0.5) is 5.69 Å². The standard InChI is InChI=1S/C15H16N2O2/c1-15(2,3)14-7-6-12(17(18)19)9-13(14)11-5-4-8-16-10-11/h4-10H,1-3H3. The van der Waals surface area contributed by atoms with E-state index >= 15 is 0 Å². The van der Waals surface area contributed by atoms with Crippen LogP contribution < -0.4 is 0 Å². The molecule has 0 aliphatic heterocycles. The third-order valence-corrected chi connectivity index (χ3v) is 2.99. The quantitative estimate of drug-likeness (QED) is 0.603. The first-order chi connectivity index (χ1) is 8.89. The van der Waals surface area contributed by atoms with E-state index in [-0.39, 0.29) is 16.0 Å². The summed E-state index contributed by atoms with van der Waals surface area (Å²) in [6.45, 7) is 6.27. The van der Waals surface area contributed by atoms with Gasteiger partial charge in [-0.05, 0) is 22.6 Å². The summed E-state index contributed by atoms with van der Waals surface area (Å²) in [6.07, 6.45) is 3.42. The van der Waals surface area contributed by atoms with E-state index in [1.165, 1.54) is 0 Å². The molecular formula is C15H16N2O2. The minimum atomic E-state index is -0.369. The minimum Gasteiger partial charge on any atom is -0.264 e. The molecule has 1 heterocycles. The molecule has 0 aliphatic rings. The number of benzene rings is 1. The summed E-state index contributed by atoms with van der Waals surface area (Å²) in [5.74, 6) is 0. The molecule has 19 heavy (non-hydrogen) atoms. The van der Waals surface area contributed by atoms with Crippen LogP contribution in [0.5, 0.6) is 0 Å². The van der Waals surface area contributed by atoms with Crippen LogP contribution in [0.15, 0.2) is 42.7 Å². The zero-order valence-corrected chi connectivity index (χ0v) is 11.3. The Balaban J connectivity index is 2.67. The van der Waals surface area contributed by atoms with E-state index in [9.17, 15) is 10.1 Å². The van der Waals surface area contributed by atoms with E-state index in [0.717, 1.165) is 16.7 Å². The molecule has 0 aliphatic carbocycles. The predicted molar refractivity (Wildman–Crippen MR) is 75.0 cm³/mol. The molecule has 2 rings (SSSR count). The Morgan fingerprint density at radius 2 is 1.95 bits per heavy atom. The van der Waals surface area contributed by atoms with E-state index in [1.54, 1.807) is 24.5 Å². The molecule has 0 spiro atoms. The number of non-ortho nitro benzene ring substituents is 1. The summed E-state index contributed by atoms with van der Waals surface area (Å²) in [4.78, 5) is 14.7. The van der Waals surface area contributed by atoms with Gasteiger partial charge in [-0.1, -0.05) is 32.9 Å². The topological polar surface area (TPSA) is 56.0 Å². The van der Waals surface area contributed by atoms with E-state index in [1.807, 2.05) is 18.2 Å². The van der Waals surface area contributed by atoms with E-state index in [0.29, 0.717) is 0 Å². The maximum absolute atomic E-state index is 10.9. The highest BCUT2D eigenvalue weighted by Crippen LogP contribution is 2.35. The van der Waals surface area contributed by atoms with Crippen molar-refractivity contribution in [3.8, 4) is 11.1 Å². The van der Waals surface area contributed by atoms with Gasteiger partial charge in [0.2, 0.25) is 0 Å². The summed E-state index contributed by atoms with van der Waals surface area (Å²) in [5, 5.41) is 10.9. The SMILES string of the molecule is CC(C)(C)c1ccc([N+](=O)[O-])cc1-c1cccnc1. The third-order valence-electron chi connectivity index (χ3n) is 2.99. The highest BCUT2D eigenvalue weighted by molar-refractivity contribution is 5.70. The molecule has 0 atom stereocenters. The van der Waals surface area contributed by atoms with Crippen molar-refractivity contribution in [1.29, 1.82) is 0 Å². The summed E-state index contributed by atoms with van der Waals surface area (Å²) in [5.41, 5.74) is 2.87. The molecule has 0 unspecified atom stereocenters. The molecule has 0 saturated heterocycles. The number of hydrogen-bond donors (Lipinski definition) is 0. The van der Waals surface area contributed by atoms with E-state index in [4.69, 9.17) is 0 Å². The highest BCUT2D eigenvalue weighted by atomic mass is 16.6. The number of hydrogen-bond acceptors (Lipinski definition) is 3. The van der Waals surface area contributed by atoms with Crippen LogP contribution in [0.3, 0.4) is 0 Å². The van der Waals surface area contributed by atoms with Crippen molar-refractivity contribution in [2.24, 2.45) is 0 Å². The Morgan fingerprint density at radius 3 is 2.47 bits per heavy atom. The molecule has 1 aromatic heterocycles. The molecule has 98 valence electrons. The van der Waals surface area contributed by atoms with Gasteiger partial charge in [0.25, 0.3) is 5.69 Å². The fourth-order valence-electron chi connectivity index (χ4n) is 2.06. The van der Waals surface area contributed by atoms with Crippen molar-refractivity contribution >= 4 is 5.69 Å². The number of pyridine rings is 1. The monoisotopic (exact) mass is 256 g/mol. The fraction of sp³-hybridized carbons (Fsp3) is 0.267. The highest BCUT2D eigenvalue weighted by Gasteiger charge is 2.21. The molecule has 1 aromatic carbocycles. The lowest BCUT2D eigenvalue weighted by Crippen LogP contribution is -2.13. The minimum absolute atomic E-state index is 0.0830. The number of aromatic nitrogens is 1. The molecular weight excluding hydrogens is 240 g/mol. The zero-order chi connectivity index (χ0) is 14.0. The smallest absolute Gasteiger partial charge is 0.264 e. The van der Waals surface area contributed by atoms with Crippen molar-refractivity contribution in [2.45, 2.75) is 26.2 Å². The Kier molecular flexibility index (Phi) is 3.34. The number of nitrogens with zero attached hydrogens (tertiary/aromatic N) is 2. The van der Waals surface area contributed by atoms with Gasteiger partial charge in [0.1, 0.15) is 0 Å². The summed E-state index contributed by atoms with van der Waals surface area (Å²) < 4.78 is 0. The Bertz CT molecular complexity index is 601. The second-order valence-corrected chi connectivity index (χ2v) is 5.48. The lowest BCUT2D eigenvalue weighted by molar-refractivity contribution is -0.384. The van der Waals surface area contributed by atoms with E-state index < -0.39 is 0 Å². The summed E-state index contributed by atoms with van der Waals surface area (Å²) in [7, 11) is 0. The van der Waals surface area contributed by atoms with Crippen LogP contribution in [0.2, 0.25) is 0 Å². The molecule has 0 bridgehead atoms. The van der Waals surface area contributed by atoms with Crippen LogP contribution in [0.1, 0.15) is 26.3 Å². The summed E-state index contributed by atoms with van der Waals surface area (Å²) in [6, 6.07) is 8.76. The maximum Gasteiger partial charge on any atom is 0.270 e. The van der Waals surface area contributed by atoms with Crippen molar-refractivity contribution in [1.82, 2.24) is 4.98 Å². The number of nitro groups is 1. The molecule has 4 nitrogen and oxygen atoms in total. The van der Waals surface area contributed by atoms with Crippen molar-refractivity contribution in [3.05, 3.63) is 58.4 Å². The first-order valence-corrected chi connectivity index (χ1v) is 6.09. The van der Waals surface area contributed by atoms with Gasteiger partial charge in [-0.25, -0.2) is 0 Å². The largest absolute Gasteiger partial charge is 0.270 e. The Labute approximate surface area is 112 Å². The molecule has 0 amide bonds. The van der Waals surface area contributed by atoms with Crippen molar-refractivity contribution < 1.29 is 4.92 Å². The van der Waals surface area contributed by atoms with Gasteiger partial charge < -0.3 is 0 Å². The molecule has 0 fully saturated rings. The van der Waals surface area contributed by atoms with E-state index in [2.05, 4.69) is 25.8 Å². The maximum atomic E-state index is 10.9. The molecule has 2 aromatic rings. The third kappa shape index (κ3) is 2.78. The number of rotatable bonds is 2. The molecule has 0 N–H and O–H groups in total. The second-order valence-electron chi connectivity index (χ2n) is 5.48. The van der Waals surface area contributed by atoms with Crippen LogP contribution in [-0.4, -0.2) is 9.91 Å². The van der Waals surface area contributed by atoms with Gasteiger partial charge in [0, 0.05) is 30.1 Å². The first kappa shape index (κ1) is 13.2. The fourth-order valence-corrected chi connectivity index (χ4v) is 2.06. The van der Waals surface area contributed by atoms with Gasteiger partial charge in [-0.2, -0.15) is 0 Å². The van der Waals surface area contributed by atoms with Crippen molar-refractivity contribution in [3.63, 3.8) is 0 Å². The lowest BCUT2D eigenvalue weighted by atomic mass is 9.82. The second kappa shape index (κ2) is 4.80. The average Bonchev–Trinajstić information content (AvgIpc) is 2.38. The van der Waals surface area contributed by atoms with Gasteiger partial charge >= 0.3 is 0 Å². The molecule has 0 saturated carbocycles. The lowest BCUT2D eigenvalue weighted by Gasteiger charge is -2.22. The first-order valence-electron chi connectivity index (χ1n) is 6.09. The normalized spacial score (nSPS) is 11.3. The van der Waals surface area contributed by atoms with Crippen LogP contribution in [0, 0.1) is 10.1 Å². The Morgan fingerprint density at radius 1 is 1.21 bits per heavy atom. The van der Waals surface area contributed by atoms with Crippen LogP contribution in [0.25, 0.3) is 11.1 Å². The van der Waals surface area contributed by atoms with Crippen molar-refractivity contribution in [2.75, 3.05) is 0 Å². The van der Waals surface area contributed by atoms with Gasteiger partial charge in [-0.15, -0.1) is 0 Å². The zero-order valence-electron chi connectivity index (χ0n) is 11.3. The van der Waals surface area contributed by atoms with Gasteiger partial charge in [0.15, 0.2) is 0 Å². The van der Waals surface area contributed by atoms with Gasteiger partial charge in [0.05, 0.1) is 4.92 Å². The summed E-state index contributed by atoms with van der Waals surface area (Å²) >= 11 is 0. The average molecular weight is 256 g/mol. The molecule has 0 radical (unpaired) electrons. The predicted octanol–water partition coefficient (Wildman–Crippen LogP) is 3.95. The molecule has 4 heteroatoms. The van der Waals surface area contributed by atoms with Crippen LogP contribution in [-0.2, 0) is 5.41 Å². The Hall–Kier alpha value is -2.23. The number of nitro benzene ring substituents is 1. The van der Waals surface area contributed by atoms with Crippen LogP contribution >= 0.6 is 0 Å². The van der Waals surface area contributed by atoms with Gasteiger partial charge in [-0.3, -0.25) is 15.1 Å².